The summed E-state index contributed by atoms with van der Waals surface area (Å²) in [5.41, 5.74) is 11.0. The van der Waals surface area contributed by atoms with Gasteiger partial charge in [-0.2, -0.15) is 5.26 Å². The maximum Gasteiger partial charge on any atom is 0.102 e. The number of nitrogen functional groups attached to an aromatic ring is 1. The van der Waals surface area contributed by atoms with Crippen LogP contribution in [0.1, 0.15) is 17.0 Å². The van der Waals surface area contributed by atoms with E-state index in [0.717, 1.165) is 22.5 Å². The van der Waals surface area contributed by atoms with Crippen molar-refractivity contribution in [3.8, 4) is 17.2 Å². The van der Waals surface area contributed by atoms with Crippen LogP contribution in [0.4, 0.5) is 5.69 Å². The van der Waals surface area contributed by atoms with E-state index in [1.807, 2.05) is 38.1 Å². The number of nitrogens with two attached hydrogens (primary N) is 1. The molecule has 1 aromatic carbocycles. The SMILES string of the molecule is Cc1[nH]c(C)c(-c2cccc(N)c2)c1C#N. The van der Waals surface area contributed by atoms with Crippen LogP contribution in [-0.2, 0) is 0 Å². The first-order valence-electron chi connectivity index (χ1n) is 5.08. The van der Waals surface area contributed by atoms with Gasteiger partial charge in [0.05, 0.1) is 5.56 Å². The molecule has 3 nitrogen and oxygen atoms in total. The lowest BCUT2D eigenvalue weighted by Crippen LogP contribution is -1.87. The highest BCUT2D eigenvalue weighted by atomic mass is 14.7. The fourth-order valence-corrected chi connectivity index (χ4v) is 1.98. The van der Waals surface area contributed by atoms with Crippen molar-refractivity contribution in [2.75, 3.05) is 5.73 Å². The fraction of sp³-hybridized carbons (Fsp3) is 0.154. The Morgan fingerprint density at radius 1 is 1.25 bits per heavy atom. The van der Waals surface area contributed by atoms with Crippen molar-refractivity contribution in [2.45, 2.75) is 13.8 Å². The molecule has 0 atom stereocenters. The van der Waals surface area contributed by atoms with Crippen LogP contribution in [-0.4, -0.2) is 4.98 Å². The molecule has 2 rings (SSSR count). The van der Waals surface area contributed by atoms with E-state index >= 15 is 0 Å². The lowest BCUT2D eigenvalue weighted by Gasteiger charge is -2.02. The van der Waals surface area contributed by atoms with Crippen LogP contribution in [0.2, 0.25) is 0 Å². The molecule has 0 unspecified atom stereocenters. The summed E-state index contributed by atoms with van der Waals surface area (Å²) >= 11 is 0. The number of H-pyrrole nitrogens is 1. The summed E-state index contributed by atoms with van der Waals surface area (Å²) in [4.78, 5) is 3.18. The maximum atomic E-state index is 9.14. The van der Waals surface area contributed by atoms with Crippen molar-refractivity contribution in [2.24, 2.45) is 0 Å². The minimum absolute atomic E-state index is 0.697. The van der Waals surface area contributed by atoms with Crippen molar-refractivity contribution >= 4 is 5.69 Å². The second-order valence-corrected chi connectivity index (χ2v) is 3.86. The number of nitrogens with zero attached hydrogens (tertiary/aromatic N) is 1. The van der Waals surface area contributed by atoms with Gasteiger partial charge in [0.15, 0.2) is 0 Å². The second-order valence-electron chi connectivity index (χ2n) is 3.86. The van der Waals surface area contributed by atoms with Crippen LogP contribution in [0, 0.1) is 25.2 Å². The lowest BCUT2D eigenvalue weighted by molar-refractivity contribution is 1.18. The third kappa shape index (κ3) is 1.55. The Labute approximate surface area is 94.5 Å². The minimum Gasteiger partial charge on any atom is -0.399 e. The van der Waals surface area contributed by atoms with Gasteiger partial charge in [-0.1, -0.05) is 12.1 Å². The third-order valence-electron chi connectivity index (χ3n) is 2.66. The van der Waals surface area contributed by atoms with Crippen LogP contribution in [0.15, 0.2) is 24.3 Å². The third-order valence-corrected chi connectivity index (χ3v) is 2.66. The number of anilines is 1. The topological polar surface area (TPSA) is 65.6 Å². The molecule has 1 heterocycles. The van der Waals surface area contributed by atoms with E-state index in [9.17, 15) is 0 Å². The van der Waals surface area contributed by atoms with Gasteiger partial charge >= 0.3 is 0 Å². The number of aromatic nitrogens is 1. The van der Waals surface area contributed by atoms with E-state index in [4.69, 9.17) is 11.0 Å². The zero-order valence-corrected chi connectivity index (χ0v) is 9.33. The molecular formula is C13H13N3. The Balaban J connectivity index is 2.69. The second kappa shape index (κ2) is 3.74. The normalized spacial score (nSPS) is 10.1. The van der Waals surface area contributed by atoms with E-state index < -0.39 is 0 Å². The molecule has 0 spiro atoms. The molecule has 0 aliphatic rings. The summed E-state index contributed by atoms with van der Waals surface area (Å²) in [5.74, 6) is 0. The number of nitriles is 1. The highest BCUT2D eigenvalue weighted by Crippen LogP contribution is 2.30. The number of aryl methyl sites for hydroxylation is 2. The summed E-state index contributed by atoms with van der Waals surface area (Å²) in [6.45, 7) is 3.87. The minimum atomic E-state index is 0.697. The molecule has 16 heavy (non-hydrogen) atoms. The monoisotopic (exact) mass is 211 g/mol. The van der Waals surface area contributed by atoms with Crippen LogP contribution >= 0.6 is 0 Å². The van der Waals surface area contributed by atoms with Gasteiger partial charge in [-0.25, -0.2) is 0 Å². The van der Waals surface area contributed by atoms with Crippen molar-refractivity contribution < 1.29 is 0 Å². The van der Waals surface area contributed by atoms with E-state index in [1.54, 1.807) is 0 Å². The highest BCUT2D eigenvalue weighted by Gasteiger charge is 2.13. The van der Waals surface area contributed by atoms with Crippen molar-refractivity contribution in [3.63, 3.8) is 0 Å². The number of hydrogen-bond donors (Lipinski definition) is 2. The van der Waals surface area contributed by atoms with E-state index in [2.05, 4.69) is 11.1 Å². The van der Waals surface area contributed by atoms with Crippen LogP contribution < -0.4 is 5.73 Å². The Hall–Kier alpha value is -2.21. The van der Waals surface area contributed by atoms with Gasteiger partial charge in [0.1, 0.15) is 6.07 Å². The van der Waals surface area contributed by atoms with Crippen LogP contribution in [0.5, 0.6) is 0 Å². The van der Waals surface area contributed by atoms with E-state index in [-0.39, 0.29) is 0 Å². The van der Waals surface area contributed by atoms with Gasteiger partial charge < -0.3 is 10.7 Å². The van der Waals surface area contributed by atoms with Gasteiger partial charge in [0, 0.05) is 22.6 Å². The molecule has 0 bridgehead atoms. The molecule has 0 radical (unpaired) electrons. The summed E-state index contributed by atoms with van der Waals surface area (Å²) in [6.07, 6.45) is 0. The van der Waals surface area contributed by atoms with Gasteiger partial charge in [-0.05, 0) is 31.5 Å². The largest absolute Gasteiger partial charge is 0.399 e. The molecule has 0 saturated carbocycles. The molecule has 3 N–H and O–H groups in total. The Morgan fingerprint density at radius 3 is 2.62 bits per heavy atom. The maximum absolute atomic E-state index is 9.14. The molecular weight excluding hydrogens is 198 g/mol. The first kappa shape index (κ1) is 10.3. The van der Waals surface area contributed by atoms with Crippen LogP contribution in [0.3, 0.4) is 0 Å². The Morgan fingerprint density at radius 2 is 2.00 bits per heavy atom. The number of hydrogen-bond acceptors (Lipinski definition) is 2. The molecule has 0 amide bonds. The number of aromatic amines is 1. The summed E-state index contributed by atoms with van der Waals surface area (Å²) in [5, 5.41) is 9.14. The molecule has 2 aromatic rings. The van der Waals surface area contributed by atoms with Gasteiger partial charge in [0.25, 0.3) is 0 Å². The quantitative estimate of drug-likeness (QED) is 0.712. The zero-order chi connectivity index (χ0) is 11.7. The molecule has 3 heteroatoms. The van der Waals surface area contributed by atoms with Gasteiger partial charge in [0.2, 0.25) is 0 Å². The van der Waals surface area contributed by atoms with E-state index in [1.165, 1.54) is 0 Å². The Bertz CT molecular complexity index is 573. The van der Waals surface area contributed by atoms with E-state index in [0.29, 0.717) is 11.3 Å². The van der Waals surface area contributed by atoms with Crippen molar-refractivity contribution in [1.29, 1.82) is 5.26 Å². The molecule has 0 aliphatic heterocycles. The number of benzene rings is 1. The van der Waals surface area contributed by atoms with Crippen molar-refractivity contribution in [1.82, 2.24) is 4.98 Å². The first-order valence-corrected chi connectivity index (χ1v) is 5.08. The van der Waals surface area contributed by atoms with Crippen LogP contribution in [0.25, 0.3) is 11.1 Å². The average Bonchev–Trinajstić information content (AvgIpc) is 2.52. The standard InChI is InChI=1S/C13H13N3/c1-8-12(7-14)13(9(2)16-8)10-4-3-5-11(15)6-10/h3-6,16H,15H2,1-2H3. The molecule has 0 fully saturated rings. The fourth-order valence-electron chi connectivity index (χ4n) is 1.98. The lowest BCUT2D eigenvalue weighted by atomic mass is 10.0. The predicted octanol–water partition coefficient (Wildman–Crippen LogP) is 2.75. The number of rotatable bonds is 1. The Kier molecular flexibility index (Phi) is 2.41. The highest BCUT2D eigenvalue weighted by molar-refractivity contribution is 5.76. The molecule has 1 aromatic heterocycles. The van der Waals surface area contributed by atoms with Crippen molar-refractivity contribution in [3.05, 3.63) is 41.2 Å². The summed E-state index contributed by atoms with van der Waals surface area (Å²) in [6, 6.07) is 9.82. The van der Waals surface area contributed by atoms with Gasteiger partial charge in [-0.15, -0.1) is 0 Å². The molecule has 0 aliphatic carbocycles. The summed E-state index contributed by atoms with van der Waals surface area (Å²) < 4.78 is 0. The smallest absolute Gasteiger partial charge is 0.102 e. The van der Waals surface area contributed by atoms with Gasteiger partial charge in [-0.3, -0.25) is 0 Å². The first-order chi connectivity index (χ1) is 7.63. The molecule has 0 saturated heterocycles. The average molecular weight is 211 g/mol. The summed E-state index contributed by atoms with van der Waals surface area (Å²) in [7, 11) is 0. The molecule has 80 valence electrons. The predicted molar refractivity (Wildman–Crippen MR) is 64.8 cm³/mol. The zero-order valence-electron chi connectivity index (χ0n) is 9.33. The number of nitrogens with one attached hydrogen (secondary N) is 1.